The van der Waals surface area contributed by atoms with Gasteiger partial charge in [-0.05, 0) is 38.3 Å². The van der Waals surface area contributed by atoms with Crippen LogP contribution in [-0.4, -0.2) is 11.6 Å². The van der Waals surface area contributed by atoms with Crippen LogP contribution in [0, 0.1) is 13.8 Å². The fraction of sp³-hybridized carbons (Fsp3) is 0.500. The molecule has 1 aromatic heterocycles. The first-order valence-electron chi connectivity index (χ1n) is 4.37. The SMILES string of the molecule is Cc1cc(C)c2c(n1)CCCO2. The number of fused-ring (bicyclic) bond motifs is 1. The van der Waals surface area contributed by atoms with Crippen LogP contribution in [0.3, 0.4) is 0 Å². The van der Waals surface area contributed by atoms with E-state index in [4.69, 9.17) is 4.74 Å². The Kier molecular flexibility index (Phi) is 1.75. The van der Waals surface area contributed by atoms with Crippen molar-refractivity contribution in [3.63, 3.8) is 0 Å². The van der Waals surface area contributed by atoms with Gasteiger partial charge in [-0.25, -0.2) is 0 Å². The highest BCUT2D eigenvalue weighted by molar-refractivity contribution is 5.38. The van der Waals surface area contributed by atoms with Crippen LogP contribution < -0.4 is 4.74 Å². The number of hydrogen-bond acceptors (Lipinski definition) is 2. The van der Waals surface area contributed by atoms with E-state index in [1.807, 2.05) is 6.92 Å². The van der Waals surface area contributed by atoms with Crippen molar-refractivity contribution in [2.24, 2.45) is 0 Å². The van der Waals surface area contributed by atoms with E-state index in [0.717, 1.165) is 36.6 Å². The van der Waals surface area contributed by atoms with Gasteiger partial charge >= 0.3 is 0 Å². The molecule has 2 rings (SSSR count). The van der Waals surface area contributed by atoms with Crippen LogP contribution in [-0.2, 0) is 6.42 Å². The molecule has 0 aliphatic carbocycles. The molecule has 1 aromatic rings. The van der Waals surface area contributed by atoms with E-state index in [0.29, 0.717) is 0 Å². The number of ether oxygens (including phenoxy) is 1. The first kappa shape index (κ1) is 7.59. The minimum atomic E-state index is 0.846. The second-order valence-electron chi connectivity index (χ2n) is 3.31. The molecular formula is C10H13NO. The third-order valence-corrected chi connectivity index (χ3v) is 2.16. The fourth-order valence-electron chi connectivity index (χ4n) is 1.68. The quantitative estimate of drug-likeness (QED) is 0.583. The molecule has 0 saturated heterocycles. The van der Waals surface area contributed by atoms with E-state index < -0.39 is 0 Å². The molecular weight excluding hydrogens is 150 g/mol. The molecule has 2 heterocycles. The van der Waals surface area contributed by atoms with Gasteiger partial charge in [0, 0.05) is 5.69 Å². The lowest BCUT2D eigenvalue weighted by molar-refractivity contribution is 0.282. The third kappa shape index (κ3) is 1.17. The molecule has 0 fully saturated rings. The van der Waals surface area contributed by atoms with Gasteiger partial charge in [0.05, 0.1) is 12.3 Å². The van der Waals surface area contributed by atoms with Crippen LogP contribution in [0.1, 0.15) is 23.4 Å². The average Bonchev–Trinajstić information content (AvgIpc) is 2.04. The maximum absolute atomic E-state index is 5.55. The zero-order chi connectivity index (χ0) is 8.55. The molecule has 0 amide bonds. The summed E-state index contributed by atoms with van der Waals surface area (Å²) in [6.07, 6.45) is 2.17. The van der Waals surface area contributed by atoms with E-state index in [-0.39, 0.29) is 0 Å². The highest BCUT2D eigenvalue weighted by Gasteiger charge is 2.13. The van der Waals surface area contributed by atoms with Gasteiger partial charge in [0.1, 0.15) is 5.75 Å². The normalized spacial score (nSPS) is 15.2. The van der Waals surface area contributed by atoms with Gasteiger partial charge in [-0.3, -0.25) is 4.98 Å². The Hall–Kier alpha value is -1.05. The van der Waals surface area contributed by atoms with Crippen LogP contribution in [0.25, 0.3) is 0 Å². The minimum absolute atomic E-state index is 0.846. The standard InChI is InChI=1S/C10H13NO/c1-7-6-8(2)11-9-4-3-5-12-10(7)9/h6H,3-5H2,1-2H3. The number of nitrogens with zero attached hydrogens (tertiary/aromatic N) is 1. The largest absolute Gasteiger partial charge is 0.491 e. The predicted octanol–water partition coefficient (Wildman–Crippen LogP) is 2.02. The molecule has 0 aromatic carbocycles. The van der Waals surface area contributed by atoms with E-state index >= 15 is 0 Å². The summed E-state index contributed by atoms with van der Waals surface area (Å²) in [5.41, 5.74) is 3.45. The first-order valence-corrected chi connectivity index (χ1v) is 4.37. The van der Waals surface area contributed by atoms with Crippen LogP contribution >= 0.6 is 0 Å². The monoisotopic (exact) mass is 163 g/mol. The van der Waals surface area contributed by atoms with Gasteiger partial charge in [-0.1, -0.05) is 0 Å². The fourth-order valence-corrected chi connectivity index (χ4v) is 1.68. The molecule has 0 unspecified atom stereocenters. The van der Waals surface area contributed by atoms with Crippen LogP contribution in [0.5, 0.6) is 5.75 Å². The molecule has 2 nitrogen and oxygen atoms in total. The van der Waals surface area contributed by atoms with Crippen molar-refractivity contribution in [3.05, 3.63) is 23.0 Å². The summed E-state index contributed by atoms with van der Waals surface area (Å²) in [6.45, 7) is 4.96. The third-order valence-electron chi connectivity index (χ3n) is 2.16. The van der Waals surface area contributed by atoms with Crippen molar-refractivity contribution in [2.75, 3.05) is 6.61 Å². The molecule has 0 N–H and O–H groups in total. The van der Waals surface area contributed by atoms with Crippen molar-refractivity contribution in [3.8, 4) is 5.75 Å². The van der Waals surface area contributed by atoms with Gasteiger partial charge in [0.2, 0.25) is 0 Å². The van der Waals surface area contributed by atoms with Crippen molar-refractivity contribution < 1.29 is 4.74 Å². The number of pyridine rings is 1. The molecule has 1 aliphatic heterocycles. The molecule has 2 heteroatoms. The molecule has 1 aliphatic rings. The lowest BCUT2D eigenvalue weighted by Gasteiger charge is -2.18. The summed E-state index contributed by atoms with van der Waals surface area (Å²) < 4.78 is 5.55. The van der Waals surface area contributed by atoms with E-state index in [9.17, 15) is 0 Å². The average molecular weight is 163 g/mol. The van der Waals surface area contributed by atoms with E-state index in [2.05, 4.69) is 18.0 Å². The Morgan fingerprint density at radius 2 is 2.25 bits per heavy atom. The summed E-state index contributed by atoms with van der Waals surface area (Å²) in [5, 5.41) is 0. The van der Waals surface area contributed by atoms with Crippen molar-refractivity contribution in [1.29, 1.82) is 0 Å². The second kappa shape index (κ2) is 2.77. The summed E-state index contributed by atoms with van der Waals surface area (Å²) in [6, 6.07) is 2.07. The molecule has 0 bridgehead atoms. The lowest BCUT2D eigenvalue weighted by Crippen LogP contribution is -2.11. The number of rotatable bonds is 0. The Balaban J connectivity index is 2.53. The van der Waals surface area contributed by atoms with Crippen molar-refractivity contribution in [2.45, 2.75) is 26.7 Å². The number of aryl methyl sites for hydroxylation is 3. The highest BCUT2D eigenvalue weighted by atomic mass is 16.5. The van der Waals surface area contributed by atoms with Crippen LogP contribution in [0.2, 0.25) is 0 Å². The topological polar surface area (TPSA) is 22.1 Å². The molecule has 12 heavy (non-hydrogen) atoms. The zero-order valence-electron chi connectivity index (χ0n) is 7.55. The van der Waals surface area contributed by atoms with Gasteiger partial charge in [0.15, 0.2) is 0 Å². The van der Waals surface area contributed by atoms with Gasteiger partial charge in [-0.2, -0.15) is 0 Å². The molecule has 0 spiro atoms. The van der Waals surface area contributed by atoms with Crippen molar-refractivity contribution >= 4 is 0 Å². The summed E-state index contributed by atoms with van der Waals surface area (Å²) in [4.78, 5) is 4.45. The lowest BCUT2D eigenvalue weighted by atomic mass is 10.1. The zero-order valence-corrected chi connectivity index (χ0v) is 7.55. The Labute approximate surface area is 72.6 Å². The Morgan fingerprint density at radius 3 is 3.08 bits per heavy atom. The summed E-state index contributed by atoms with van der Waals surface area (Å²) >= 11 is 0. The number of hydrogen-bond donors (Lipinski definition) is 0. The van der Waals surface area contributed by atoms with E-state index in [1.165, 1.54) is 5.56 Å². The smallest absolute Gasteiger partial charge is 0.143 e. The minimum Gasteiger partial charge on any atom is -0.491 e. The maximum Gasteiger partial charge on any atom is 0.143 e. The first-order chi connectivity index (χ1) is 5.77. The molecule has 0 saturated carbocycles. The van der Waals surface area contributed by atoms with Gasteiger partial charge in [-0.15, -0.1) is 0 Å². The van der Waals surface area contributed by atoms with Crippen LogP contribution in [0.4, 0.5) is 0 Å². The van der Waals surface area contributed by atoms with E-state index in [1.54, 1.807) is 0 Å². The Bertz CT molecular complexity index is 307. The van der Waals surface area contributed by atoms with Gasteiger partial charge < -0.3 is 4.74 Å². The predicted molar refractivity (Wildman–Crippen MR) is 47.5 cm³/mol. The summed E-state index contributed by atoms with van der Waals surface area (Å²) in [7, 11) is 0. The maximum atomic E-state index is 5.55. The second-order valence-corrected chi connectivity index (χ2v) is 3.31. The summed E-state index contributed by atoms with van der Waals surface area (Å²) in [5.74, 6) is 1.02. The number of aromatic nitrogens is 1. The Morgan fingerprint density at radius 1 is 1.42 bits per heavy atom. The van der Waals surface area contributed by atoms with Crippen LogP contribution in [0.15, 0.2) is 6.07 Å². The molecule has 64 valence electrons. The molecule has 0 atom stereocenters. The molecule has 0 radical (unpaired) electrons. The van der Waals surface area contributed by atoms with Gasteiger partial charge in [0.25, 0.3) is 0 Å². The van der Waals surface area contributed by atoms with Crippen molar-refractivity contribution in [1.82, 2.24) is 4.98 Å². The highest BCUT2D eigenvalue weighted by Crippen LogP contribution is 2.27.